The van der Waals surface area contributed by atoms with Crippen molar-refractivity contribution in [1.82, 2.24) is 9.97 Å². The van der Waals surface area contributed by atoms with E-state index in [-0.39, 0.29) is 17.8 Å². The fraction of sp³-hybridized carbons (Fsp3) is 0.222. The average Bonchev–Trinajstić information content (AvgIpc) is 2.73. The van der Waals surface area contributed by atoms with Crippen molar-refractivity contribution in [2.75, 3.05) is 19.0 Å². The number of fused-ring (bicyclic) bond motifs is 1. The predicted octanol–water partition coefficient (Wildman–Crippen LogP) is 1.93. The van der Waals surface area contributed by atoms with Gasteiger partial charge in [-0.3, -0.25) is 4.79 Å². The van der Waals surface area contributed by atoms with Crippen LogP contribution in [0.4, 0.5) is 5.82 Å². The molecule has 0 aromatic carbocycles. The molecular formula is C9H8ClN3O2S. The van der Waals surface area contributed by atoms with E-state index in [1.165, 1.54) is 18.4 Å². The molecule has 2 heterocycles. The Morgan fingerprint density at radius 1 is 1.62 bits per heavy atom. The van der Waals surface area contributed by atoms with Crippen LogP contribution in [0.15, 0.2) is 11.4 Å². The molecule has 0 aliphatic carbocycles. The van der Waals surface area contributed by atoms with Gasteiger partial charge in [-0.15, -0.1) is 11.3 Å². The van der Waals surface area contributed by atoms with Crippen LogP contribution in [-0.2, 0) is 9.53 Å². The zero-order valence-corrected chi connectivity index (χ0v) is 9.93. The fourth-order valence-corrected chi connectivity index (χ4v) is 2.18. The SMILES string of the molecule is COC(=O)CNc1nc(Cl)nc2sccc12. The number of thiophene rings is 1. The van der Waals surface area contributed by atoms with Gasteiger partial charge >= 0.3 is 5.97 Å². The van der Waals surface area contributed by atoms with Gasteiger partial charge < -0.3 is 10.1 Å². The normalized spacial score (nSPS) is 10.4. The number of hydrogen-bond donors (Lipinski definition) is 1. The predicted molar refractivity (Wildman–Crippen MR) is 62.9 cm³/mol. The Morgan fingerprint density at radius 2 is 2.44 bits per heavy atom. The van der Waals surface area contributed by atoms with Gasteiger partial charge in [-0.2, -0.15) is 0 Å². The second kappa shape index (κ2) is 4.63. The zero-order valence-electron chi connectivity index (χ0n) is 8.36. The molecule has 0 amide bonds. The van der Waals surface area contributed by atoms with E-state index in [1.54, 1.807) is 0 Å². The Balaban J connectivity index is 2.28. The minimum absolute atomic E-state index is 0.0504. The molecule has 0 unspecified atom stereocenters. The van der Waals surface area contributed by atoms with Gasteiger partial charge in [0.1, 0.15) is 17.2 Å². The summed E-state index contributed by atoms with van der Waals surface area (Å²) in [6, 6.07) is 1.87. The number of carbonyl (C=O) groups is 1. The average molecular weight is 258 g/mol. The van der Waals surface area contributed by atoms with Crippen molar-refractivity contribution in [3.05, 3.63) is 16.7 Å². The van der Waals surface area contributed by atoms with Crippen LogP contribution in [0.3, 0.4) is 0 Å². The molecule has 1 N–H and O–H groups in total. The van der Waals surface area contributed by atoms with Gasteiger partial charge in [-0.05, 0) is 23.0 Å². The molecule has 84 valence electrons. The van der Waals surface area contributed by atoms with Crippen LogP contribution < -0.4 is 5.32 Å². The summed E-state index contributed by atoms with van der Waals surface area (Å²) in [6.45, 7) is 0.0504. The van der Waals surface area contributed by atoms with Crippen LogP contribution >= 0.6 is 22.9 Å². The molecule has 0 radical (unpaired) electrons. The number of hydrogen-bond acceptors (Lipinski definition) is 6. The van der Waals surface area contributed by atoms with Gasteiger partial charge in [0, 0.05) is 0 Å². The molecule has 2 aromatic rings. The first-order valence-electron chi connectivity index (χ1n) is 4.42. The number of nitrogens with one attached hydrogen (secondary N) is 1. The highest BCUT2D eigenvalue weighted by Gasteiger charge is 2.08. The number of anilines is 1. The van der Waals surface area contributed by atoms with E-state index < -0.39 is 0 Å². The molecule has 0 atom stereocenters. The van der Waals surface area contributed by atoms with Crippen molar-refractivity contribution in [3.63, 3.8) is 0 Å². The second-order valence-corrected chi connectivity index (χ2v) is 4.14. The topological polar surface area (TPSA) is 64.1 Å². The first-order valence-corrected chi connectivity index (χ1v) is 5.68. The van der Waals surface area contributed by atoms with Gasteiger partial charge in [0.15, 0.2) is 0 Å². The molecule has 16 heavy (non-hydrogen) atoms. The lowest BCUT2D eigenvalue weighted by Gasteiger charge is -2.05. The number of esters is 1. The van der Waals surface area contributed by atoms with E-state index in [2.05, 4.69) is 20.0 Å². The molecule has 2 rings (SSSR count). The van der Waals surface area contributed by atoms with E-state index in [1.807, 2.05) is 11.4 Å². The second-order valence-electron chi connectivity index (χ2n) is 2.91. The smallest absolute Gasteiger partial charge is 0.325 e. The van der Waals surface area contributed by atoms with Crippen molar-refractivity contribution in [2.24, 2.45) is 0 Å². The van der Waals surface area contributed by atoms with E-state index >= 15 is 0 Å². The molecule has 0 aliphatic rings. The molecule has 0 fully saturated rings. The molecule has 0 saturated carbocycles. The maximum absolute atomic E-state index is 11.0. The summed E-state index contributed by atoms with van der Waals surface area (Å²) in [6.07, 6.45) is 0. The summed E-state index contributed by atoms with van der Waals surface area (Å²) >= 11 is 7.22. The number of nitrogens with zero attached hydrogens (tertiary/aromatic N) is 2. The number of methoxy groups -OCH3 is 1. The standard InChI is InChI=1S/C9H8ClN3O2S/c1-15-6(14)4-11-7-5-2-3-16-8(5)13-9(10)12-7/h2-3H,4H2,1H3,(H,11,12,13). The molecule has 7 heteroatoms. The Hall–Kier alpha value is -1.40. The maximum Gasteiger partial charge on any atom is 0.325 e. The zero-order chi connectivity index (χ0) is 11.5. The van der Waals surface area contributed by atoms with Crippen LogP contribution in [0.25, 0.3) is 10.2 Å². The van der Waals surface area contributed by atoms with Gasteiger partial charge in [-0.1, -0.05) is 0 Å². The van der Waals surface area contributed by atoms with Crippen LogP contribution in [0, 0.1) is 0 Å². The molecule has 0 saturated heterocycles. The van der Waals surface area contributed by atoms with Crippen LogP contribution in [0.1, 0.15) is 0 Å². The summed E-state index contributed by atoms with van der Waals surface area (Å²) in [4.78, 5) is 19.9. The van der Waals surface area contributed by atoms with Crippen molar-refractivity contribution in [3.8, 4) is 0 Å². The van der Waals surface area contributed by atoms with Gasteiger partial charge in [0.05, 0.1) is 12.5 Å². The van der Waals surface area contributed by atoms with E-state index in [0.29, 0.717) is 5.82 Å². The first kappa shape index (κ1) is 11.1. The Labute approximate surface area is 100 Å². The third-order valence-corrected chi connectivity index (χ3v) is 2.90. The highest BCUT2D eigenvalue weighted by atomic mass is 35.5. The van der Waals surface area contributed by atoms with Crippen LogP contribution in [0.5, 0.6) is 0 Å². The van der Waals surface area contributed by atoms with Crippen LogP contribution in [-0.4, -0.2) is 29.6 Å². The number of halogens is 1. The van der Waals surface area contributed by atoms with E-state index in [9.17, 15) is 4.79 Å². The highest BCUT2D eigenvalue weighted by Crippen LogP contribution is 2.26. The Bertz CT molecular complexity index is 528. The quantitative estimate of drug-likeness (QED) is 0.672. The molecule has 0 aliphatic heterocycles. The molecule has 0 bridgehead atoms. The minimum Gasteiger partial charge on any atom is -0.468 e. The Kier molecular flexibility index (Phi) is 3.21. The Morgan fingerprint density at radius 3 is 3.19 bits per heavy atom. The third kappa shape index (κ3) is 2.23. The number of aromatic nitrogens is 2. The van der Waals surface area contributed by atoms with E-state index in [4.69, 9.17) is 11.6 Å². The molecule has 2 aromatic heterocycles. The van der Waals surface area contributed by atoms with Crippen molar-refractivity contribution in [1.29, 1.82) is 0 Å². The van der Waals surface area contributed by atoms with Crippen molar-refractivity contribution < 1.29 is 9.53 Å². The molecular weight excluding hydrogens is 250 g/mol. The minimum atomic E-state index is -0.363. The lowest BCUT2D eigenvalue weighted by molar-refractivity contribution is -0.138. The number of carbonyl (C=O) groups excluding carboxylic acids is 1. The number of ether oxygens (including phenoxy) is 1. The monoisotopic (exact) mass is 257 g/mol. The van der Waals surface area contributed by atoms with Crippen molar-refractivity contribution in [2.45, 2.75) is 0 Å². The summed E-state index contributed by atoms with van der Waals surface area (Å²) in [5.74, 6) is 0.180. The summed E-state index contributed by atoms with van der Waals surface area (Å²) in [5, 5.41) is 5.75. The largest absolute Gasteiger partial charge is 0.468 e. The van der Waals surface area contributed by atoms with E-state index in [0.717, 1.165) is 10.2 Å². The van der Waals surface area contributed by atoms with Crippen LogP contribution in [0.2, 0.25) is 5.28 Å². The maximum atomic E-state index is 11.0. The lowest BCUT2D eigenvalue weighted by Crippen LogP contribution is -2.15. The van der Waals surface area contributed by atoms with Gasteiger partial charge in [0.2, 0.25) is 5.28 Å². The third-order valence-electron chi connectivity index (χ3n) is 1.93. The fourth-order valence-electron chi connectivity index (χ4n) is 1.19. The summed E-state index contributed by atoms with van der Waals surface area (Å²) in [5.41, 5.74) is 0. The molecule has 0 spiro atoms. The lowest BCUT2D eigenvalue weighted by atomic mass is 10.4. The van der Waals surface area contributed by atoms with Gasteiger partial charge in [0.25, 0.3) is 0 Å². The van der Waals surface area contributed by atoms with Gasteiger partial charge in [-0.25, -0.2) is 9.97 Å². The number of rotatable bonds is 3. The summed E-state index contributed by atoms with van der Waals surface area (Å²) < 4.78 is 4.52. The van der Waals surface area contributed by atoms with Crippen molar-refractivity contribution >= 4 is 44.9 Å². The first-order chi connectivity index (χ1) is 7.70. The summed E-state index contributed by atoms with van der Waals surface area (Å²) in [7, 11) is 1.33. The molecule has 5 nitrogen and oxygen atoms in total. The highest BCUT2D eigenvalue weighted by molar-refractivity contribution is 7.16.